The van der Waals surface area contributed by atoms with Gasteiger partial charge >= 0.3 is 0 Å². The van der Waals surface area contributed by atoms with Crippen LogP contribution in [-0.4, -0.2) is 0 Å². The summed E-state index contributed by atoms with van der Waals surface area (Å²) in [7, 11) is 0. The van der Waals surface area contributed by atoms with E-state index in [4.69, 9.17) is 0 Å². The van der Waals surface area contributed by atoms with E-state index >= 15 is 0 Å². The van der Waals surface area contributed by atoms with E-state index in [1.807, 2.05) is 166 Å². The molecule has 0 amide bonds. The van der Waals surface area contributed by atoms with Crippen LogP contribution in [0.1, 0.15) is 188 Å². The van der Waals surface area contributed by atoms with Gasteiger partial charge in [0.05, 0.1) is 11.1 Å². The second-order valence-corrected chi connectivity index (χ2v) is 9.73. The molecule has 1 aliphatic carbocycles. The van der Waals surface area contributed by atoms with Crippen LogP contribution in [0.15, 0.2) is 164 Å². The molecule has 0 bridgehead atoms. The van der Waals surface area contributed by atoms with Crippen molar-refractivity contribution in [3.05, 3.63) is 186 Å². The summed E-state index contributed by atoms with van der Waals surface area (Å²) in [6.45, 7) is 48.0. The first kappa shape index (κ1) is 68.8. The Bertz CT molecular complexity index is 1610. The average Bonchev–Trinajstić information content (AvgIpc) is 3.74. The molecule has 0 aromatic heterocycles. The molecule has 0 atom stereocenters. The van der Waals surface area contributed by atoms with Crippen molar-refractivity contribution in [3.63, 3.8) is 0 Å². The third-order valence-corrected chi connectivity index (χ3v) is 7.73. The molecule has 62 heavy (non-hydrogen) atoms. The molecule has 7 rings (SSSR count). The van der Waals surface area contributed by atoms with Gasteiger partial charge in [0.25, 0.3) is 0 Å². The van der Waals surface area contributed by atoms with Crippen LogP contribution in [0.25, 0.3) is 11.1 Å². The minimum atomic E-state index is -0.413. The van der Waals surface area contributed by atoms with Gasteiger partial charge in [0, 0.05) is 16.9 Å². The lowest BCUT2D eigenvalue weighted by Gasteiger charge is -2.34. The first-order valence-corrected chi connectivity index (χ1v) is 25.1. The lowest BCUT2D eigenvalue weighted by Crippen LogP contribution is -2.28. The molecule has 0 N–H and O–H groups in total. The van der Waals surface area contributed by atoms with Gasteiger partial charge in [-0.25, -0.2) is 0 Å². The van der Waals surface area contributed by atoms with Crippen LogP contribution in [0.3, 0.4) is 0 Å². The first-order valence-electron chi connectivity index (χ1n) is 25.1. The molecule has 348 valence electrons. The number of nitrogens with zero attached hydrogens (tertiary/aromatic N) is 1. The van der Waals surface area contributed by atoms with Crippen LogP contribution in [0, 0.1) is 0 Å². The molecular weight excluding hydrogens is 747 g/mol. The molecular formula is C61H99N. The normalized spacial score (nSPS) is 9.10. The maximum Gasteiger partial charge on any atom is 0.0714 e. The third kappa shape index (κ3) is 19.0. The lowest BCUT2D eigenvalue weighted by molar-refractivity contribution is 0.768. The van der Waals surface area contributed by atoms with Gasteiger partial charge in [0.2, 0.25) is 0 Å². The van der Waals surface area contributed by atoms with Crippen LogP contribution < -0.4 is 4.90 Å². The van der Waals surface area contributed by atoms with E-state index in [0.29, 0.717) is 0 Å². The van der Waals surface area contributed by atoms with Gasteiger partial charge in [-0.1, -0.05) is 300 Å². The van der Waals surface area contributed by atoms with Crippen LogP contribution in [0.4, 0.5) is 17.1 Å². The van der Waals surface area contributed by atoms with Gasteiger partial charge in [-0.05, 0) is 58.1 Å². The Morgan fingerprint density at radius 2 is 0.532 bits per heavy atom. The number of hydrogen-bond donors (Lipinski definition) is 0. The van der Waals surface area contributed by atoms with Gasteiger partial charge < -0.3 is 4.90 Å². The predicted molar refractivity (Wildman–Crippen MR) is 295 cm³/mol. The summed E-state index contributed by atoms with van der Waals surface area (Å²) in [5, 5.41) is 0. The first-order chi connectivity index (χ1) is 30.9. The number of anilines is 3. The van der Waals surface area contributed by atoms with E-state index in [-0.39, 0.29) is 0 Å². The predicted octanol–water partition coefficient (Wildman–Crippen LogP) is 21.8. The van der Waals surface area contributed by atoms with Crippen molar-refractivity contribution in [1.82, 2.24) is 0 Å². The zero-order valence-electron chi connectivity index (χ0n) is 45.0. The maximum absolute atomic E-state index is 2.39. The lowest BCUT2D eigenvalue weighted by atomic mass is 9.68. The van der Waals surface area contributed by atoms with Crippen molar-refractivity contribution in [2.24, 2.45) is 0 Å². The monoisotopic (exact) mass is 846 g/mol. The van der Waals surface area contributed by atoms with E-state index in [0.717, 1.165) is 11.4 Å². The minimum Gasteiger partial charge on any atom is -0.310 e. The summed E-state index contributed by atoms with van der Waals surface area (Å²) in [6, 6.07) is 59.1. The highest BCUT2D eigenvalue weighted by molar-refractivity contribution is 5.97. The second-order valence-electron chi connectivity index (χ2n) is 9.73. The molecule has 0 heterocycles. The van der Waals surface area contributed by atoms with Gasteiger partial charge in [-0.2, -0.15) is 0 Å². The Kier molecular flexibility index (Phi) is 56.0. The van der Waals surface area contributed by atoms with E-state index in [2.05, 4.69) is 169 Å². The van der Waals surface area contributed by atoms with Crippen LogP contribution in [-0.2, 0) is 5.41 Å². The summed E-state index contributed by atoms with van der Waals surface area (Å²) in [6.07, 6.45) is 0. The van der Waals surface area contributed by atoms with Gasteiger partial charge in [0.15, 0.2) is 0 Å². The molecule has 0 radical (unpaired) electrons. The van der Waals surface area contributed by atoms with Gasteiger partial charge in [0.1, 0.15) is 0 Å². The summed E-state index contributed by atoms with van der Waals surface area (Å²) in [4.78, 5) is 2.39. The Balaban J connectivity index is -0.000000285. The standard InChI is InChI=1S/C37H27N.12C2H6/c1-5-16-28(17-6-1)37(29-18-7-2-8-19-29)33-25-14-13-24-32(33)36-34(37)26-15-27-35(36)38(30-20-9-3-10-21-30)31-22-11-4-12-23-31;12*1-2/h1-27H;12*1-2H3. The molecule has 1 nitrogen and oxygen atoms in total. The van der Waals surface area contributed by atoms with Crippen molar-refractivity contribution >= 4 is 17.1 Å². The van der Waals surface area contributed by atoms with Crippen LogP contribution in [0.5, 0.6) is 0 Å². The van der Waals surface area contributed by atoms with Crippen molar-refractivity contribution in [2.75, 3.05) is 4.90 Å². The fraction of sp³-hybridized carbons (Fsp3) is 0.410. The second kappa shape index (κ2) is 50.5. The molecule has 1 heteroatoms. The SMILES string of the molecule is CC.CC.CC.CC.CC.CC.CC.CC.CC.CC.CC.CC.c1ccc(N(c2ccccc2)c2cccc3c2-c2ccccc2C3(c2ccccc2)c2ccccc2)cc1. The number of fused-ring (bicyclic) bond motifs is 3. The molecule has 0 aliphatic heterocycles. The van der Waals surface area contributed by atoms with E-state index in [9.17, 15) is 0 Å². The Hall–Kier alpha value is -4.88. The Morgan fingerprint density at radius 3 is 0.871 bits per heavy atom. The zero-order valence-corrected chi connectivity index (χ0v) is 45.0. The van der Waals surface area contributed by atoms with Crippen LogP contribution >= 0.6 is 0 Å². The summed E-state index contributed by atoms with van der Waals surface area (Å²) >= 11 is 0. The molecule has 0 unspecified atom stereocenters. The highest BCUT2D eigenvalue weighted by Gasteiger charge is 2.47. The fourth-order valence-corrected chi connectivity index (χ4v) is 6.24. The number of rotatable bonds is 5. The molecule has 0 spiro atoms. The molecule has 0 fully saturated rings. The quantitative estimate of drug-likeness (QED) is 0.167. The van der Waals surface area contributed by atoms with E-state index < -0.39 is 5.41 Å². The largest absolute Gasteiger partial charge is 0.310 e. The van der Waals surface area contributed by atoms with Crippen molar-refractivity contribution < 1.29 is 0 Å². The zero-order chi connectivity index (χ0) is 49.4. The molecule has 6 aromatic carbocycles. The van der Waals surface area contributed by atoms with Crippen LogP contribution in [0.2, 0.25) is 0 Å². The Labute approximate surface area is 389 Å². The van der Waals surface area contributed by atoms with Crippen molar-refractivity contribution in [1.29, 1.82) is 0 Å². The molecule has 0 saturated heterocycles. The van der Waals surface area contributed by atoms with E-state index in [1.165, 1.54) is 39.1 Å². The van der Waals surface area contributed by atoms with Crippen molar-refractivity contribution in [3.8, 4) is 11.1 Å². The smallest absolute Gasteiger partial charge is 0.0714 e. The van der Waals surface area contributed by atoms with Gasteiger partial charge in [-0.3, -0.25) is 0 Å². The molecule has 1 aliphatic rings. The maximum atomic E-state index is 2.39. The minimum absolute atomic E-state index is 0.413. The number of para-hydroxylation sites is 2. The Morgan fingerprint density at radius 1 is 0.258 bits per heavy atom. The molecule has 0 saturated carbocycles. The third-order valence-electron chi connectivity index (χ3n) is 7.73. The number of hydrogen-bond acceptors (Lipinski definition) is 1. The summed E-state index contributed by atoms with van der Waals surface area (Å²) < 4.78 is 0. The molecule has 6 aromatic rings. The van der Waals surface area contributed by atoms with E-state index in [1.54, 1.807) is 0 Å². The summed E-state index contributed by atoms with van der Waals surface area (Å²) in [5.41, 5.74) is 10.8. The average molecular weight is 846 g/mol. The fourth-order valence-electron chi connectivity index (χ4n) is 6.24. The highest BCUT2D eigenvalue weighted by Crippen LogP contribution is 2.59. The summed E-state index contributed by atoms with van der Waals surface area (Å²) in [5.74, 6) is 0. The number of benzene rings is 6. The highest BCUT2D eigenvalue weighted by atomic mass is 15.1. The van der Waals surface area contributed by atoms with Crippen molar-refractivity contribution in [2.45, 2.75) is 172 Å². The topological polar surface area (TPSA) is 3.24 Å². The van der Waals surface area contributed by atoms with Gasteiger partial charge in [-0.15, -0.1) is 0 Å².